The summed E-state index contributed by atoms with van der Waals surface area (Å²) >= 11 is 0. The zero-order valence-electron chi connectivity index (χ0n) is 15.8. The molecule has 2 aliphatic carbocycles. The van der Waals surface area contributed by atoms with Crippen molar-refractivity contribution in [1.29, 1.82) is 0 Å². The highest BCUT2D eigenvalue weighted by molar-refractivity contribution is 5.91. The maximum absolute atomic E-state index is 12.4. The predicted molar refractivity (Wildman–Crippen MR) is 93.3 cm³/mol. The van der Waals surface area contributed by atoms with Crippen molar-refractivity contribution in [2.75, 3.05) is 6.61 Å². The number of rotatable bonds is 2. The third-order valence-electron chi connectivity index (χ3n) is 7.11. The molecule has 0 amide bonds. The van der Waals surface area contributed by atoms with E-state index in [-0.39, 0.29) is 12.0 Å². The van der Waals surface area contributed by atoms with Gasteiger partial charge < -0.3 is 24.4 Å². The van der Waals surface area contributed by atoms with Crippen molar-refractivity contribution in [3.05, 3.63) is 23.8 Å². The minimum atomic E-state index is -0.845. The van der Waals surface area contributed by atoms with E-state index in [9.17, 15) is 19.8 Å². The van der Waals surface area contributed by atoms with Crippen molar-refractivity contribution in [3.8, 4) is 0 Å². The molecule has 0 unspecified atom stereocenters. The summed E-state index contributed by atoms with van der Waals surface area (Å²) < 4.78 is 17.1. The van der Waals surface area contributed by atoms with Gasteiger partial charge in [0.2, 0.25) is 0 Å². The van der Waals surface area contributed by atoms with Gasteiger partial charge in [0.1, 0.15) is 17.8 Å². The largest absolute Gasteiger partial charge is 0.458 e. The van der Waals surface area contributed by atoms with E-state index in [1.54, 1.807) is 19.9 Å². The lowest BCUT2D eigenvalue weighted by atomic mass is 9.50. The lowest BCUT2D eigenvalue weighted by Gasteiger charge is -2.57. The molecule has 0 aromatic heterocycles. The minimum absolute atomic E-state index is 0.217. The molecule has 2 saturated heterocycles. The number of hydrogen-bond donors (Lipinski definition) is 2. The Morgan fingerprint density at radius 3 is 2.67 bits per heavy atom. The molecule has 148 valence electrons. The molecule has 0 radical (unpaired) electrons. The number of allylic oxidation sites excluding steroid dienone is 1. The summed E-state index contributed by atoms with van der Waals surface area (Å²) in [4.78, 5) is 24.5. The summed E-state index contributed by atoms with van der Waals surface area (Å²) in [5, 5.41) is 21.6. The van der Waals surface area contributed by atoms with Gasteiger partial charge in [-0.25, -0.2) is 9.59 Å². The maximum atomic E-state index is 12.4. The molecular weight excluding hydrogens is 352 g/mol. The third kappa shape index (κ3) is 2.45. The molecule has 2 aliphatic heterocycles. The molecule has 2 heterocycles. The fraction of sp³-hybridized carbons (Fsp3) is 0.700. The Bertz CT molecular complexity index is 737. The van der Waals surface area contributed by atoms with Crippen LogP contribution in [0.3, 0.4) is 0 Å². The van der Waals surface area contributed by atoms with Crippen molar-refractivity contribution in [1.82, 2.24) is 0 Å². The average molecular weight is 378 g/mol. The van der Waals surface area contributed by atoms with Crippen molar-refractivity contribution >= 4 is 11.9 Å². The number of esters is 2. The second kappa shape index (κ2) is 5.90. The van der Waals surface area contributed by atoms with Gasteiger partial charge in [0.05, 0.1) is 24.7 Å². The lowest BCUT2D eigenvalue weighted by molar-refractivity contribution is -0.221. The zero-order valence-corrected chi connectivity index (χ0v) is 15.8. The molecule has 4 rings (SSSR count). The smallest absolute Gasteiger partial charge is 0.334 e. The second-order valence-electron chi connectivity index (χ2n) is 8.54. The van der Waals surface area contributed by atoms with Gasteiger partial charge in [-0.1, -0.05) is 19.6 Å². The quantitative estimate of drug-likeness (QED) is 0.417. The number of aliphatic hydroxyl groups excluding tert-OH is 2. The molecule has 0 aromatic carbocycles. The Hall–Kier alpha value is -1.70. The Balaban J connectivity index is 1.74. The molecule has 7 nitrogen and oxygen atoms in total. The van der Waals surface area contributed by atoms with E-state index in [0.29, 0.717) is 18.6 Å². The van der Waals surface area contributed by atoms with E-state index in [2.05, 4.69) is 6.58 Å². The van der Waals surface area contributed by atoms with Crippen LogP contribution in [-0.4, -0.2) is 58.8 Å². The summed E-state index contributed by atoms with van der Waals surface area (Å²) in [6, 6.07) is 0. The molecule has 4 aliphatic rings. The van der Waals surface area contributed by atoms with Crippen LogP contribution < -0.4 is 0 Å². The van der Waals surface area contributed by atoms with Crippen LogP contribution in [0.25, 0.3) is 0 Å². The molecule has 8 atom stereocenters. The highest BCUT2D eigenvalue weighted by atomic mass is 16.6. The van der Waals surface area contributed by atoms with Crippen LogP contribution in [-0.2, 0) is 23.8 Å². The number of carbonyl (C=O) groups excluding carboxylic acids is 2. The first-order chi connectivity index (χ1) is 12.7. The molecule has 4 fully saturated rings. The summed E-state index contributed by atoms with van der Waals surface area (Å²) in [5.74, 6) is -1.90. The number of aliphatic hydroxyl groups is 2. The van der Waals surface area contributed by atoms with Gasteiger partial charge in [0, 0.05) is 28.9 Å². The second-order valence-corrected chi connectivity index (χ2v) is 8.54. The SMILES string of the molecule is C=C1C(=O)O[C@H]2[C@H]1[C@@H](O)C[C@@]1(C)[C@@H](OC(=O)/C(C)=C/C)C[C@H](O)[C@@]3(CO3)[C@H]21. The van der Waals surface area contributed by atoms with Crippen molar-refractivity contribution < 1.29 is 34.0 Å². The molecule has 7 heteroatoms. The van der Waals surface area contributed by atoms with E-state index < -0.39 is 59.2 Å². The van der Waals surface area contributed by atoms with Gasteiger partial charge in [-0.3, -0.25) is 0 Å². The van der Waals surface area contributed by atoms with Gasteiger partial charge in [0.25, 0.3) is 0 Å². The number of epoxide rings is 1. The number of ether oxygens (including phenoxy) is 3. The standard InChI is InChI=1S/C20H26O7/c1-5-9(2)17(23)26-13-6-12(22)20(8-25-20)16-15-14(10(3)18(24)27-15)11(21)7-19(13,16)4/h5,11-16,21-22H,3,6-8H2,1-2,4H3/b9-5+/t11-,12-,13-,14+,15-,16+,19-,20-/m0/s1. The van der Waals surface area contributed by atoms with Gasteiger partial charge in [-0.2, -0.15) is 0 Å². The van der Waals surface area contributed by atoms with Gasteiger partial charge in [-0.05, 0) is 20.3 Å². The Morgan fingerprint density at radius 1 is 1.41 bits per heavy atom. The predicted octanol–water partition coefficient (Wildman–Crippen LogP) is 0.883. The Labute approximate surface area is 158 Å². The first-order valence-electron chi connectivity index (χ1n) is 9.39. The van der Waals surface area contributed by atoms with E-state index in [1.165, 1.54) is 0 Å². The first-order valence-corrected chi connectivity index (χ1v) is 9.39. The van der Waals surface area contributed by atoms with Crippen molar-refractivity contribution in [2.45, 2.75) is 63.6 Å². The van der Waals surface area contributed by atoms with Gasteiger partial charge >= 0.3 is 11.9 Å². The molecule has 1 spiro atoms. The van der Waals surface area contributed by atoms with E-state index in [4.69, 9.17) is 14.2 Å². The number of fused-ring (bicyclic) bond motifs is 4. The molecule has 2 saturated carbocycles. The third-order valence-corrected chi connectivity index (χ3v) is 7.11. The summed E-state index contributed by atoms with van der Waals surface area (Å²) in [6.07, 6.45) is -0.777. The van der Waals surface area contributed by atoms with Crippen LogP contribution in [0.4, 0.5) is 0 Å². The van der Waals surface area contributed by atoms with Crippen LogP contribution in [0, 0.1) is 17.3 Å². The van der Waals surface area contributed by atoms with E-state index in [1.807, 2.05) is 6.92 Å². The maximum Gasteiger partial charge on any atom is 0.334 e. The Kier molecular flexibility index (Phi) is 4.07. The zero-order chi connectivity index (χ0) is 19.7. The number of carbonyl (C=O) groups is 2. The van der Waals surface area contributed by atoms with Crippen LogP contribution >= 0.6 is 0 Å². The molecule has 27 heavy (non-hydrogen) atoms. The minimum Gasteiger partial charge on any atom is -0.458 e. The molecular formula is C20H26O7. The lowest BCUT2D eigenvalue weighted by Crippen LogP contribution is -2.67. The molecule has 2 N–H and O–H groups in total. The summed E-state index contributed by atoms with van der Waals surface area (Å²) in [6.45, 7) is 9.48. The summed E-state index contributed by atoms with van der Waals surface area (Å²) in [5.41, 5.74) is -0.808. The van der Waals surface area contributed by atoms with Crippen LogP contribution in [0.2, 0.25) is 0 Å². The van der Waals surface area contributed by atoms with Crippen molar-refractivity contribution in [2.24, 2.45) is 17.3 Å². The molecule has 0 aromatic rings. The Morgan fingerprint density at radius 2 is 2.07 bits per heavy atom. The summed E-state index contributed by atoms with van der Waals surface area (Å²) in [7, 11) is 0. The normalized spacial score (nSPS) is 48.7. The fourth-order valence-electron chi connectivity index (χ4n) is 5.44. The monoisotopic (exact) mass is 378 g/mol. The van der Waals surface area contributed by atoms with Crippen molar-refractivity contribution in [3.63, 3.8) is 0 Å². The van der Waals surface area contributed by atoms with Crippen LogP contribution in [0.1, 0.15) is 33.6 Å². The van der Waals surface area contributed by atoms with Crippen LogP contribution in [0.5, 0.6) is 0 Å². The van der Waals surface area contributed by atoms with Gasteiger partial charge in [0.15, 0.2) is 0 Å². The van der Waals surface area contributed by atoms with Gasteiger partial charge in [-0.15, -0.1) is 0 Å². The van der Waals surface area contributed by atoms with E-state index in [0.717, 1.165) is 0 Å². The molecule has 0 bridgehead atoms. The highest BCUT2D eigenvalue weighted by Crippen LogP contribution is 2.63. The topological polar surface area (TPSA) is 106 Å². The number of hydrogen-bond acceptors (Lipinski definition) is 7. The highest BCUT2D eigenvalue weighted by Gasteiger charge is 2.75. The van der Waals surface area contributed by atoms with E-state index >= 15 is 0 Å². The average Bonchev–Trinajstić information content (AvgIpc) is 3.33. The fourth-order valence-corrected chi connectivity index (χ4v) is 5.44. The van der Waals surface area contributed by atoms with Crippen LogP contribution in [0.15, 0.2) is 23.8 Å². The first kappa shape index (κ1) is 18.7.